The topological polar surface area (TPSA) is 70.6 Å². The number of carbonyl (C=O) groups is 1. The maximum Gasteiger partial charge on any atom is 0.259 e. The molecule has 1 saturated heterocycles. The van der Waals surface area contributed by atoms with Crippen molar-refractivity contribution in [2.45, 2.75) is 38.6 Å². The van der Waals surface area contributed by atoms with Crippen molar-refractivity contribution in [2.75, 3.05) is 24.2 Å². The summed E-state index contributed by atoms with van der Waals surface area (Å²) in [4.78, 5) is 19.3. The Bertz CT molecular complexity index is 1100. The third-order valence-electron chi connectivity index (χ3n) is 6.15. The van der Waals surface area contributed by atoms with Crippen LogP contribution in [-0.4, -0.2) is 43.0 Å². The average molecular weight is 448 g/mol. The van der Waals surface area contributed by atoms with Gasteiger partial charge in [0.1, 0.15) is 0 Å². The van der Waals surface area contributed by atoms with Gasteiger partial charge in [0.25, 0.3) is 5.91 Å². The van der Waals surface area contributed by atoms with E-state index in [1.807, 2.05) is 26.0 Å². The lowest BCUT2D eigenvalue weighted by atomic mass is 9.92. The number of sulfonamides is 1. The van der Waals surface area contributed by atoms with Gasteiger partial charge in [0.05, 0.1) is 23.7 Å². The van der Waals surface area contributed by atoms with Crippen LogP contribution in [0.3, 0.4) is 0 Å². The standard InChI is InChI=1S/C22H26ClN3O3S/c1-22(2)20-11-17(23)6-7-19(20)21(27)26(22)18-10-16(12-24-13-18)9-15-5-4-8-25(14-15)30(3,28)29/h6-7,10-13,15H,4-5,8-9,14H2,1-3H3. The summed E-state index contributed by atoms with van der Waals surface area (Å²) >= 11 is 6.18. The second-order valence-corrected chi connectivity index (χ2v) is 11.2. The van der Waals surface area contributed by atoms with Crippen molar-refractivity contribution < 1.29 is 13.2 Å². The molecule has 8 heteroatoms. The molecule has 1 atom stereocenters. The SMILES string of the molecule is CC1(C)c2cc(Cl)ccc2C(=O)N1c1cncc(CC2CCCN(S(C)(=O)=O)C2)c1. The van der Waals surface area contributed by atoms with Crippen molar-refractivity contribution in [3.63, 3.8) is 0 Å². The Kier molecular flexibility index (Phi) is 5.41. The van der Waals surface area contributed by atoms with Crippen LogP contribution < -0.4 is 4.90 Å². The van der Waals surface area contributed by atoms with Gasteiger partial charge in [0.15, 0.2) is 0 Å². The van der Waals surface area contributed by atoms with Crippen LogP contribution >= 0.6 is 11.6 Å². The lowest BCUT2D eigenvalue weighted by Crippen LogP contribution is -2.40. The van der Waals surface area contributed by atoms with E-state index in [1.165, 1.54) is 6.26 Å². The number of hydrogen-bond donors (Lipinski definition) is 0. The zero-order valence-corrected chi connectivity index (χ0v) is 19.0. The van der Waals surface area contributed by atoms with E-state index in [9.17, 15) is 13.2 Å². The number of aromatic nitrogens is 1. The van der Waals surface area contributed by atoms with Crippen LogP contribution in [0.1, 0.15) is 48.2 Å². The van der Waals surface area contributed by atoms with Crippen LogP contribution in [-0.2, 0) is 22.0 Å². The molecule has 2 aliphatic rings. The summed E-state index contributed by atoms with van der Waals surface area (Å²) in [6, 6.07) is 7.37. The van der Waals surface area contributed by atoms with Crippen molar-refractivity contribution in [2.24, 2.45) is 5.92 Å². The van der Waals surface area contributed by atoms with Gasteiger partial charge in [0.2, 0.25) is 10.0 Å². The molecule has 0 saturated carbocycles. The first kappa shape index (κ1) is 21.3. The Morgan fingerprint density at radius 3 is 2.73 bits per heavy atom. The van der Waals surface area contributed by atoms with E-state index >= 15 is 0 Å². The van der Waals surface area contributed by atoms with E-state index in [0.29, 0.717) is 23.7 Å². The molecule has 1 amide bonds. The minimum absolute atomic E-state index is 0.0634. The highest BCUT2D eigenvalue weighted by Gasteiger charge is 2.44. The molecule has 1 unspecified atom stereocenters. The monoisotopic (exact) mass is 447 g/mol. The van der Waals surface area contributed by atoms with Gasteiger partial charge >= 0.3 is 0 Å². The number of anilines is 1. The molecule has 2 aromatic rings. The minimum Gasteiger partial charge on any atom is -0.297 e. The van der Waals surface area contributed by atoms with Crippen molar-refractivity contribution in [1.82, 2.24) is 9.29 Å². The normalized spacial score (nSPS) is 21.7. The summed E-state index contributed by atoms with van der Waals surface area (Å²) in [6.07, 6.45) is 7.35. The first-order valence-corrected chi connectivity index (χ1v) is 12.3. The number of fused-ring (bicyclic) bond motifs is 1. The molecule has 30 heavy (non-hydrogen) atoms. The van der Waals surface area contributed by atoms with Gasteiger partial charge in [-0.2, -0.15) is 0 Å². The molecule has 0 spiro atoms. The second kappa shape index (κ2) is 7.62. The maximum absolute atomic E-state index is 13.2. The van der Waals surface area contributed by atoms with Crippen LogP contribution in [0.4, 0.5) is 5.69 Å². The first-order chi connectivity index (χ1) is 14.1. The number of pyridine rings is 1. The number of nitrogens with zero attached hydrogens (tertiary/aromatic N) is 3. The Balaban J connectivity index is 1.59. The number of benzene rings is 1. The molecule has 4 rings (SSSR count). The number of halogens is 1. The lowest BCUT2D eigenvalue weighted by molar-refractivity contribution is 0.0982. The Hall–Kier alpha value is -1.96. The van der Waals surface area contributed by atoms with Crippen LogP contribution in [0, 0.1) is 5.92 Å². The molecule has 6 nitrogen and oxygen atoms in total. The molecule has 0 radical (unpaired) electrons. The summed E-state index contributed by atoms with van der Waals surface area (Å²) < 4.78 is 25.4. The molecular weight excluding hydrogens is 422 g/mol. The quantitative estimate of drug-likeness (QED) is 0.713. The summed E-state index contributed by atoms with van der Waals surface area (Å²) in [5, 5.41) is 0.607. The molecule has 1 aromatic heterocycles. The van der Waals surface area contributed by atoms with Crippen molar-refractivity contribution in [3.05, 3.63) is 58.4 Å². The average Bonchev–Trinajstić information content (AvgIpc) is 2.87. The zero-order chi connectivity index (χ0) is 21.7. The van der Waals surface area contributed by atoms with Gasteiger partial charge in [-0.1, -0.05) is 11.6 Å². The number of carbonyl (C=O) groups excluding carboxylic acids is 1. The molecule has 1 fully saturated rings. The van der Waals surface area contributed by atoms with Gasteiger partial charge in [-0.15, -0.1) is 0 Å². The number of amides is 1. The maximum atomic E-state index is 13.2. The Morgan fingerprint density at radius 2 is 2.00 bits per heavy atom. The highest BCUT2D eigenvalue weighted by Crippen LogP contribution is 2.42. The lowest BCUT2D eigenvalue weighted by Gasteiger charge is -2.33. The predicted octanol–water partition coefficient (Wildman–Crippen LogP) is 3.84. The fraction of sp³-hybridized carbons (Fsp3) is 0.455. The van der Waals surface area contributed by atoms with Crippen LogP contribution in [0.25, 0.3) is 0 Å². The highest BCUT2D eigenvalue weighted by molar-refractivity contribution is 7.88. The minimum atomic E-state index is -3.18. The summed E-state index contributed by atoms with van der Waals surface area (Å²) in [5.41, 5.74) is 2.76. The first-order valence-electron chi connectivity index (χ1n) is 10.1. The Morgan fingerprint density at radius 1 is 1.23 bits per heavy atom. The third-order valence-corrected chi connectivity index (χ3v) is 7.65. The van der Waals surface area contributed by atoms with Crippen LogP contribution in [0.15, 0.2) is 36.7 Å². The summed E-state index contributed by atoms with van der Waals surface area (Å²) in [6.45, 7) is 5.13. The van der Waals surface area contributed by atoms with Crippen molar-refractivity contribution >= 4 is 33.2 Å². The van der Waals surface area contributed by atoms with E-state index in [2.05, 4.69) is 4.98 Å². The Labute approximate surface area is 182 Å². The molecule has 0 aliphatic carbocycles. The fourth-order valence-corrected chi connectivity index (χ4v) is 5.79. The zero-order valence-electron chi connectivity index (χ0n) is 17.4. The second-order valence-electron chi connectivity index (χ2n) is 8.77. The third kappa shape index (κ3) is 3.86. The van der Waals surface area contributed by atoms with Gasteiger partial charge < -0.3 is 0 Å². The van der Waals surface area contributed by atoms with Gasteiger partial charge in [-0.3, -0.25) is 14.7 Å². The fourth-order valence-electron chi connectivity index (χ4n) is 4.68. The molecule has 0 N–H and O–H groups in total. The van der Waals surface area contributed by atoms with Crippen LogP contribution in [0.5, 0.6) is 0 Å². The predicted molar refractivity (Wildman–Crippen MR) is 118 cm³/mol. The van der Waals surface area contributed by atoms with Gasteiger partial charge in [-0.25, -0.2) is 12.7 Å². The molecular formula is C22H26ClN3O3S. The smallest absolute Gasteiger partial charge is 0.259 e. The molecule has 1 aromatic carbocycles. The number of hydrogen-bond acceptors (Lipinski definition) is 4. The van der Waals surface area contributed by atoms with Crippen molar-refractivity contribution in [1.29, 1.82) is 0 Å². The van der Waals surface area contributed by atoms with Gasteiger partial charge in [-0.05, 0) is 74.4 Å². The van der Waals surface area contributed by atoms with E-state index in [0.717, 1.165) is 36.1 Å². The number of piperidine rings is 1. The summed E-state index contributed by atoms with van der Waals surface area (Å²) in [5.74, 6) is 0.176. The summed E-state index contributed by atoms with van der Waals surface area (Å²) in [7, 11) is -3.18. The largest absolute Gasteiger partial charge is 0.297 e. The molecule has 0 bridgehead atoms. The van der Waals surface area contributed by atoms with E-state index in [1.54, 1.807) is 33.7 Å². The van der Waals surface area contributed by atoms with Crippen molar-refractivity contribution in [3.8, 4) is 0 Å². The molecule has 3 heterocycles. The van der Waals surface area contributed by atoms with Gasteiger partial charge in [0, 0.05) is 29.9 Å². The molecule has 160 valence electrons. The number of rotatable bonds is 4. The molecule has 2 aliphatic heterocycles. The van der Waals surface area contributed by atoms with E-state index < -0.39 is 15.6 Å². The van der Waals surface area contributed by atoms with E-state index in [-0.39, 0.29) is 11.8 Å². The highest BCUT2D eigenvalue weighted by atomic mass is 35.5. The van der Waals surface area contributed by atoms with E-state index in [4.69, 9.17) is 11.6 Å². The van der Waals surface area contributed by atoms with Crippen LogP contribution in [0.2, 0.25) is 5.02 Å².